The predicted molar refractivity (Wildman–Crippen MR) is 112 cm³/mol. The van der Waals surface area contributed by atoms with Crippen molar-refractivity contribution in [1.82, 2.24) is 4.90 Å². The largest absolute Gasteiger partial charge is 0.496 e. The van der Waals surface area contributed by atoms with Crippen LogP contribution in [0.5, 0.6) is 5.75 Å². The average molecular weight is 432 g/mol. The summed E-state index contributed by atoms with van der Waals surface area (Å²) in [6.45, 7) is -0.227. The van der Waals surface area contributed by atoms with E-state index in [0.29, 0.717) is 32.5 Å². The fourth-order valence-corrected chi connectivity index (χ4v) is 3.40. The van der Waals surface area contributed by atoms with E-state index in [2.05, 4.69) is 0 Å². The van der Waals surface area contributed by atoms with Gasteiger partial charge in [0.05, 0.1) is 20.1 Å². The van der Waals surface area contributed by atoms with E-state index >= 15 is 0 Å². The Labute approximate surface area is 178 Å². The number of hydrogen-bond acceptors (Lipinski definition) is 4. The van der Waals surface area contributed by atoms with Crippen LogP contribution in [-0.4, -0.2) is 36.2 Å². The van der Waals surface area contributed by atoms with Crippen molar-refractivity contribution >= 4 is 46.9 Å². The summed E-state index contributed by atoms with van der Waals surface area (Å²) in [4.78, 5) is 39.0. The van der Waals surface area contributed by atoms with Crippen LogP contribution in [0.4, 0.5) is 0 Å². The molecule has 0 radical (unpaired) electrons. The molecule has 2 aromatic carbocycles. The zero-order valence-corrected chi connectivity index (χ0v) is 17.3. The maximum absolute atomic E-state index is 13.1. The first-order valence-corrected chi connectivity index (χ1v) is 9.78. The third-order valence-electron chi connectivity index (χ3n) is 4.62. The summed E-state index contributed by atoms with van der Waals surface area (Å²) in [5.74, 6) is -0.526. The van der Waals surface area contributed by atoms with Crippen molar-refractivity contribution in [3.63, 3.8) is 0 Å². The summed E-state index contributed by atoms with van der Waals surface area (Å²) in [6.07, 6.45) is 2.07. The normalized spacial score (nSPS) is 16.1. The number of hydrogen-bond donors (Lipinski definition) is 0. The second-order valence-corrected chi connectivity index (χ2v) is 7.56. The monoisotopic (exact) mass is 431 g/mol. The Balaban J connectivity index is 1.89. The lowest BCUT2D eigenvalue weighted by Gasteiger charge is -2.19. The number of ether oxygens (including phenoxy) is 1. The first-order chi connectivity index (χ1) is 13.9. The number of rotatable bonds is 4. The van der Waals surface area contributed by atoms with Gasteiger partial charge in [-0.05, 0) is 48.4 Å². The second kappa shape index (κ2) is 9.25. The highest BCUT2D eigenvalue weighted by molar-refractivity contribution is 6.31. The van der Waals surface area contributed by atoms with E-state index in [1.807, 2.05) is 0 Å². The zero-order valence-electron chi connectivity index (χ0n) is 15.8. The molecule has 29 heavy (non-hydrogen) atoms. The summed E-state index contributed by atoms with van der Waals surface area (Å²) < 4.78 is 5.32. The molecule has 0 aliphatic carbocycles. The maximum Gasteiger partial charge on any atom is 0.256 e. The SMILES string of the molecule is COc1ccc(Cl)cc1/C=C1\CCC(=O)CN(C(=O)Cc2ccc(Cl)cc2)C1=O. The van der Waals surface area contributed by atoms with Gasteiger partial charge in [-0.1, -0.05) is 35.3 Å². The first kappa shape index (κ1) is 21.1. The Morgan fingerprint density at radius 3 is 2.45 bits per heavy atom. The smallest absolute Gasteiger partial charge is 0.256 e. The summed E-state index contributed by atoms with van der Waals surface area (Å²) >= 11 is 11.9. The summed E-state index contributed by atoms with van der Waals surface area (Å²) in [6, 6.07) is 11.9. The molecule has 1 fully saturated rings. The molecule has 1 saturated heterocycles. The van der Waals surface area contributed by atoms with Crippen LogP contribution < -0.4 is 4.74 Å². The van der Waals surface area contributed by atoms with Gasteiger partial charge in [-0.25, -0.2) is 0 Å². The van der Waals surface area contributed by atoms with Crippen molar-refractivity contribution in [2.45, 2.75) is 19.3 Å². The van der Waals surface area contributed by atoms with Crippen LogP contribution in [0.25, 0.3) is 6.08 Å². The van der Waals surface area contributed by atoms with Crippen LogP contribution >= 0.6 is 23.2 Å². The lowest BCUT2D eigenvalue weighted by molar-refractivity contribution is -0.144. The van der Waals surface area contributed by atoms with Crippen LogP contribution in [0.1, 0.15) is 24.0 Å². The molecule has 2 amide bonds. The van der Waals surface area contributed by atoms with Gasteiger partial charge in [0.2, 0.25) is 5.91 Å². The second-order valence-electron chi connectivity index (χ2n) is 6.68. The number of methoxy groups -OCH3 is 1. The minimum Gasteiger partial charge on any atom is -0.496 e. The molecule has 0 N–H and O–H groups in total. The van der Waals surface area contributed by atoms with Gasteiger partial charge in [0.15, 0.2) is 5.78 Å². The van der Waals surface area contributed by atoms with E-state index in [4.69, 9.17) is 27.9 Å². The number of amides is 2. The highest BCUT2D eigenvalue weighted by atomic mass is 35.5. The molecule has 3 rings (SSSR count). The van der Waals surface area contributed by atoms with Crippen molar-refractivity contribution < 1.29 is 19.1 Å². The lowest BCUT2D eigenvalue weighted by atomic mass is 10.0. The predicted octanol–water partition coefficient (Wildman–Crippen LogP) is 4.35. The minimum absolute atomic E-state index is 0.00392. The minimum atomic E-state index is -0.475. The molecule has 7 heteroatoms. The summed E-state index contributed by atoms with van der Waals surface area (Å²) in [5, 5.41) is 1.05. The number of nitrogens with zero attached hydrogens (tertiary/aromatic N) is 1. The molecule has 0 aromatic heterocycles. The van der Waals surface area contributed by atoms with Gasteiger partial charge in [0.1, 0.15) is 5.75 Å². The summed E-state index contributed by atoms with van der Waals surface area (Å²) in [7, 11) is 1.52. The number of Topliss-reactive ketones (excluding diaryl/α,β-unsaturated/α-hetero) is 1. The van der Waals surface area contributed by atoms with Gasteiger partial charge in [-0.3, -0.25) is 19.3 Å². The first-order valence-electron chi connectivity index (χ1n) is 9.02. The third-order valence-corrected chi connectivity index (χ3v) is 5.11. The van der Waals surface area contributed by atoms with Gasteiger partial charge >= 0.3 is 0 Å². The molecule has 1 heterocycles. The van der Waals surface area contributed by atoms with Gasteiger partial charge < -0.3 is 4.74 Å². The van der Waals surface area contributed by atoms with Crippen LogP contribution in [0.2, 0.25) is 10.0 Å². The number of benzene rings is 2. The molecular formula is C22H19Cl2NO4. The molecule has 1 aliphatic rings. The molecule has 0 unspecified atom stereocenters. The molecule has 2 aromatic rings. The van der Waals surface area contributed by atoms with E-state index in [-0.39, 0.29) is 31.6 Å². The number of ketones is 1. The molecule has 5 nitrogen and oxygen atoms in total. The van der Waals surface area contributed by atoms with E-state index in [0.717, 1.165) is 4.90 Å². The van der Waals surface area contributed by atoms with Crippen molar-refractivity contribution in [3.05, 3.63) is 69.2 Å². The fraction of sp³-hybridized carbons (Fsp3) is 0.227. The number of imide groups is 1. The maximum atomic E-state index is 13.1. The lowest BCUT2D eigenvalue weighted by Crippen LogP contribution is -2.40. The fourth-order valence-electron chi connectivity index (χ4n) is 3.09. The highest BCUT2D eigenvalue weighted by Gasteiger charge is 2.30. The Morgan fingerprint density at radius 2 is 1.76 bits per heavy atom. The Kier molecular flexibility index (Phi) is 6.72. The van der Waals surface area contributed by atoms with Gasteiger partial charge in [-0.2, -0.15) is 0 Å². The summed E-state index contributed by atoms with van der Waals surface area (Å²) in [5.41, 5.74) is 1.69. The number of likely N-dealkylation sites (tertiary alicyclic amines) is 1. The van der Waals surface area contributed by atoms with E-state index in [1.54, 1.807) is 48.5 Å². The van der Waals surface area contributed by atoms with E-state index in [9.17, 15) is 14.4 Å². The molecule has 0 saturated carbocycles. The Bertz CT molecular complexity index is 983. The molecule has 150 valence electrons. The number of halogens is 2. The highest BCUT2D eigenvalue weighted by Crippen LogP contribution is 2.27. The number of carbonyl (C=O) groups excluding carboxylic acids is 3. The van der Waals surface area contributed by atoms with Gasteiger partial charge in [0, 0.05) is 27.6 Å². The number of carbonyl (C=O) groups is 3. The third kappa shape index (κ3) is 5.25. The van der Waals surface area contributed by atoms with E-state index < -0.39 is 11.8 Å². The molecule has 0 bridgehead atoms. The Hall–Kier alpha value is -2.63. The van der Waals surface area contributed by atoms with Crippen molar-refractivity contribution in [1.29, 1.82) is 0 Å². The van der Waals surface area contributed by atoms with Crippen LogP contribution in [0.3, 0.4) is 0 Å². The molecule has 0 spiro atoms. The zero-order chi connectivity index (χ0) is 21.0. The topological polar surface area (TPSA) is 63.7 Å². The molecule has 0 atom stereocenters. The van der Waals surface area contributed by atoms with Crippen molar-refractivity contribution in [3.8, 4) is 5.75 Å². The molecular weight excluding hydrogens is 413 g/mol. The van der Waals surface area contributed by atoms with Crippen LogP contribution in [0, 0.1) is 0 Å². The van der Waals surface area contributed by atoms with Crippen LogP contribution in [-0.2, 0) is 20.8 Å². The van der Waals surface area contributed by atoms with Crippen LogP contribution in [0.15, 0.2) is 48.0 Å². The van der Waals surface area contributed by atoms with Crippen molar-refractivity contribution in [2.24, 2.45) is 0 Å². The Morgan fingerprint density at radius 1 is 1.07 bits per heavy atom. The van der Waals surface area contributed by atoms with Gasteiger partial charge in [-0.15, -0.1) is 0 Å². The quantitative estimate of drug-likeness (QED) is 0.675. The standard InChI is InChI=1S/C22H19Cl2NO4/c1-29-20-9-7-18(24)12-16(20)11-15-4-8-19(26)13-25(22(15)28)21(27)10-14-2-5-17(23)6-3-14/h2-3,5-7,9,11-12H,4,8,10,13H2,1H3/b15-11+. The average Bonchev–Trinajstić information content (AvgIpc) is 2.83. The van der Waals surface area contributed by atoms with Gasteiger partial charge in [0.25, 0.3) is 5.91 Å². The van der Waals surface area contributed by atoms with Crippen molar-refractivity contribution in [2.75, 3.05) is 13.7 Å². The van der Waals surface area contributed by atoms with E-state index in [1.165, 1.54) is 7.11 Å². The molecule has 1 aliphatic heterocycles.